The molecule has 7 rings (SSSR count). The second-order valence-corrected chi connectivity index (χ2v) is 12.4. The molecule has 0 fully saturated rings. The molecule has 7 nitrogen and oxygen atoms in total. The van der Waals surface area contributed by atoms with Gasteiger partial charge in [0.2, 0.25) is 0 Å². The Morgan fingerprint density at radius 1 is 0.667 bits per heavy atom. The van der Waals surface area contributed by atoms with Crippen molar-refractivity contribution in [3.63, 3.8) is 0 Å². The number of thiophene rings is 2. The molecule has 0 aliphatic carbocycles. The van der Waals surface area contributed by atoms with Gasteiger partial charge in [0.15, 0.2) is 11.6 Å². The van der Waals surface area contributed by atoms with Gasteiger partial charge in [-0.15, -0.1) is 22.7 Å². The van der Waals surface area contributed by atoms with Gasteiger partial charge < -0.3 is 5.32 Å². The molecule has 0 atom stereocenters. The van der Waals surface area contributed by atoms with Crippen molar-refractivity contribution in [3.05, 3.63) is 110 Å². The van der Waals surface area contributed by atoms with E-state index in [0.29, 0.717) is 49.2 Å². The Kier molecular flexibility index (Phi) is 8.50. The van der Waals surface area contributed by atoms with E-state index in [-0.39, 0.29) is 5.82 Å². The Morgan fingerprint density at radius 3 is 1.83 bits per heavy atom. The summed E-state index contributed by atoms with van der Waals surface area (Å²) in [6, 6.07) is 21.1. The second kappa shape index (κ2) is 12.6. The molecule has 0 spiro atoms. The van der Waals surface area contributed by atoms with Crippen LogP contribution in [0.25, 0.3) is 43.5 Å². The molecule has 42 heavy (non-hydrogen) atoms. The number of pyridine rings is 2. The number of aromatic nitrogens is 6. The van der Waals surface area contributed by atoms with Crippen molar-refractivity contribution in [2.24, 2.45) is 0 Å². The van der Waals surface area contributed by atoms with Crippen LogP contribution >= 0.6 is 57.5 Å². The molecule has 0 aliphatic heterocycles. The average Bonchev–Trinajstić information content (AvgIpc) is 3.59. The fourth-order valence-electron chi connectivity index (χ4n) is 3.89. The summed E-state index contributed by atoms with van der Waals surface area (Å²) < 4.78 is 14.3. The minimum atomic E-state index is -0.254. The van der Waals surface area contributed by atoms with Gasteiger partial charge >= 0.3 is 0 Å². The second-order valence-electron chi connectivity index (χ2n) is 8.68. The maximum Gasteiger partial charge on any atom is 0.181 e. The first-order valence-electron chi connectivity index (χ1n) is 12.3. The van der Waals surface area contributed by atoms with Gasteiger partial charge in [0, 0.05) is 18.9 Å². The third-order valence-corrected chi connectivity index (χ3v) is 8.44. The van der Waals surface area contributed by atoms with Gasteiger partial charge in [-0.3, -0.25) is 9.97 Å². The molecule has 0 unspecified atom stereocenters. The summed E-state index contributed by atoms with van der Waals surface area (Å²) in [6.07, 6.45) is 3.40. The summed E-state index contributed by atoms with van der Waals surface area (Å²) in [6.45, 7) is 0.515. The number of hydrogen-bond donors (Lipinski definition) is 1. The Hall–Kier alpha value is -3.80. The van der Waals surface area contributed by atoms with Gasteiger partial charge in [-0.1, -0.05) is 59.1 Å². The number of halogens is 4. The number of fused-ring (bicyclic) bond motifs is 2. The predicted molar refractivity (Wildman–Crippen MR) is 170 cm³/mol. The van der Waals surface area contributed by atoms with E-state index in [1.165, 1.54) is 34.8 Å². The number of hydrogen-bond acceptors (Lipinski definition) is 9. The monoisotopic (exact) mass is 651 g/mol. The van der Waals surface area contributed by atoms with Crippen molar-refractivity contribution < 1.29 is 4.39 Å². The molecule has 6 heterocycles. The zero-order valence-corrected chi connectivity index (χ0v) is 25.2. The maximum absolute atomic E-state index is 13.0. The molecule has 0 aliphatic rings. The zero-order valence-electron chi connectivity index (χ0n) is 21.3. The van der Waals surface area contributed by atoms with Gasteiger partial charge in [-0.05, 0) is 54.1 Å². The van der Waals surface area contributed by atoms with Crippen LogP contribution in [0.1, 0.15) is 5.56 Å². The highest BCUT2D eigenvalue weighted by Crippen LogP contribution is 2.34. The number of nitrogens with zero attached hydrogens (tertiary/aromatic N) is 6. The first-order valence-corrected chi connectivity index (χ1v) is 15.1. The van der Waals surface area contributed by atoms with Crippen molar-refractivity contribution in [1.29, 1.82) is 0 Å². The molecule has 0 saturated carbocycles. The van der Waals surface area contributed by atoms with Crippen LogP contribution in [-0.2, 0) is 6.54 Å². The van der Waals surface area contributed by atoms with E-state index in [9.17, 15) is 4.39 Å². The van der Waals surface area contributed by atoms with E-state index in [1.807, 2.05) is 42.5 Å². The van der Waals surface area contributed by atoms with Crippen molar-refractivity contribution in [3.8, 4) is 23.0 Å². The lowest BCUT2D eigenvalue weighted by atomic mass is 10.2. The molecular formula is C29H17Cl3FN7S2. The zero-order chi connectivity index (χ0) is 29.1. The Balaban J connectivity index is 0.000000162. The van der Waals surface area contributed by atoms with Crippen LogP contribution in [-0.4, -0.2) is 29.9 Å². The largest absolute Gasteiger partial charge is 0.365 e. The summed E-state index contributed by atoms with van der Waals surface area (Å²) in [5.41, 5.74) is 2.34. The van der Waals surface area contributed by atoms with Crippen molar-refractivity contribution in [2.45, 2.75) is 6.54 Å². The number of benzene rings is 1. The number of anilines is 1. The lowest BCUT2D eigenvalue weighted by Gasteiger charge is -2.09. The third-order valence-electron chi connectivity index (χ3n) is 5.84. The van der Waals surface area contributed by atoms with Crippen LogP contribution in [0.15, 0.2) is 85.2 Å². The average molecular weight is 653 g/mol. The molecule has 1 N–H and O–H groups in total. The van der Waals surface area contributed by atoms with Gasteiger partial charge in [-0.25, -0.2) is 24.3 Å². The van der Waals surface area contributed by atoms with Crippen molar-refractivity contribution >= 4 is 83.7 Å². The molecule has 7 aromatic rings. The molecule has 1 aromatic carbocycles. The predicted octanol–water partition coefficient (Wildman–Crippen LogP) is 9.22. The quantitative estimate of drug-likeness (QED) is 0.185. The van der Waals surface area contributed by atoms with E-state index in [2.05, 4.69) is 35.2 Å². The smallest absolute Gasteiger partial charge is 0.181 e. The highest BCUT2D eigenvalue weighted by atomic mass is 35.5. The van der Waals surface area contributed by atoms with Gasteiger partial charge in [-0.2, -0.15) is 0 Å². The van der Waals surface area contributed by atoms with E-state index in [0.717, 1.165) is 26.0 Å². The van der Waals surface area contributed by atoms with Gasteiger partial charge in [0.05, 0.1) is 19.4 Å². The van der Waals surface area contributed by atoms with Crippen LogP contribution in [0.2, 0.25) is 13.8 Å². The minimum absolute atomic E-state index is 0.254. The van der Waals surface area contributed by atoms with E-state index >= 15 is 0 Å². The van der Waals surface area contributed by atoms with Crippen LogP contribution in [0.3, 0.4) is 0 Å². The SMILES string of the molecule is Clc1cc2c(Cl)nc(-c3ccccn3)nc2s1.Fc1ccc(CNc2nc(-c3ccccn3)nc3sc(Cl)cc23)cc1. The van der Waals surface area contributed by atoms with Crippen LogP contribution in [0, 0.1) is 5.82 Å². The van der Waals surface area contributed by atoms with E-state index in [4.69, 9.17) is 34.8 Å². The van der Waals surface area contributed by atoms with Crippen LogP contribution in [0.4, 0.5) is 10.2 Å². The van der Waals surface area contributed by atoms with Crippen molar-refractivity contribution in [1.82, 2.24) is 29.9 Å². The first-order chi connectivity index (χ1) is 20.4. The molecule has 0 amide bonds. The topological polar surface area (TPSA) is 89.4 Å². The molecule has 0 saturated heterocycles. The fraction of sp³-hybridized carbons (Fsp3) is 0.0345. The lowest BCUT2D eigenvalue weighted by molar-refractivity contribution is 0.627. The standard InChI is InChI=1S/C18H12ClFN4S.C11H5Cl2N3S/c19-15-9-13-16(22-10-11-4-6-12(20)7-5-11)23-17(24-18(13)25-15)14-3-1-2-8-21-14;12-8-5-6-9(13)15-10(16-11(6)17-8)7-3-1-2-4-14-7/h1-9H,10H2,(H,22,23,24);1-5H. The minimum Gasteiger partial charge on any atom is -0.365 e. The number of nitrogens with one attached hydrogen (secondary N) is 1. The highest BCUT2D eigenvalue weighted by molar-refractivity contribution is 7.22. The molecule has 208 valence electrons. The van der Waals surface area contributed by atoms with Gasteiger partial charge in [0.1, 0.15) is 37.8 Å². The molecule has 6 aromatic heterocycles. The molecule has 0 radical (unpaired) electrons. The first kappa shape index (κ1) is 28.3. The van der Waals surface area contributed by atoms with Crippen LogP contribution < -0.4 is 5.32 Å². The third kappa shape index (κ3) is 6.48. The Bertz CT molecular complexity index is 1990. The maximum atomic E-state index is 13.0. The summed E-state index contributed by atoms with van der Waals surface area (Å²) in [4.78, 5) is 27.9. The Morgan fingerprint density at radius 2 is 1.24 bits per heavy atom. The molecule has 0 bridgehead atoms. The Labute approximate surface area is 262 Å². The molecular weight excluding hydrogens is 636 g/mol. The fourth-order valence-corrected chi connectivity index (χ4v) is 6.35. The highest BCUT2D eigenvalue weighted by Gasteiger charge is 2.14. The summed E-state index contributed by atoms with van der Waals surface area (Å²) >= 11 is 21.0. The molecule has 13 heteroatoms. The lowest BCUT2D eigenvalue weighted by Crippen LogP contribution is -2.04. The van der Waals surface area contributed by atoms with Crippen molar-refractivity contribution in [2.75, 3.05) is 5.32 Å². The van der Waals surface area contributed by atoms with E-state index < -0.39 is 0 Å². The summed E-state index contributed by atoms with van der Waals surface area (Å²) in [7, 11) is 0. The van der Waals surface area contributed by atoms with Gasteiger partial charge in [0.25, 0.3) is 0 Å². The van der Waals surface area contributed by atoms with E-state index in [1.54, 1.807) is 30.6 Å². The normalized spacial score (nSPS) is 11.0. The summed E-state index contributed by atoms with van der Waals surface area (Å²) in [5.74, 6) is 1.48. The van der Waals surface area contributed by atoms with Crippen LogP contribution in [0.5, 0.6) is 0 Å². The number of rotatable bonds is 5. The summed E-state index contributed by atoms with van der Waals surface area (Å²) in [5, 5.41) is 5.33.